The number of benzene rings is 1. The van der Waals surface area contributed by atoms with Gasteiger partial charge in [0.15, 0.2) is 0 Å². The number of carbonyl (C=O) groups excluding carboxylic acids is 1. The minimum Gasteiger partial charge on any atom is -0.336 e. The van der Waals surface area contributed by atoms with Gasteiger partial charge >= 0.3 is 0 Å². The first-order chi connectivity index (χ1) is 9.58. The molecule has 1 amide bonds. The zero-order valence-electron chi connectivity index (χ0n) is 12.6. The number of rotatable bonds is 4. The van der Waals surface area contributed by atoms with Gasteiger partial charge in [-0.15, -0.1) is 12.4 Å². The first kappa shape index (κ1) is 18.3. The van der Waals surface area contributed by atoms with Gasteiger partial charge in [0.1, 0.15) is 0 Å². The largest absolute Gasteiger partial charge is 0.336 e. The van der Waals surface area contributed by atoms with E-state index in [0.29, 0.717) is 6.54 Å². The third kappa shape index (κ3) is 5.17. The Morgan fingerprint density at radius 2 is 2.24 bits per heavy atom. The van der Waals surface area contributed by atoms with E-state index in [2.05, 4.69) is 19.2 Å². The van der Waals surface area contributed by atoms with Gasteiger partial charge in [0, 0.05) is 24.2 Å². The van der Waals surface area contributed by atoms with Crippen molar-refractivity contribution in [3.05, 3.63) is 34.9 Å². The average Bonchev–Trinajstić information content (AvgIpc) is 2.45. The van der Waals surface area contributed by atoms with Crippen LogP contribution in [-0.2, 0) is 11.3 Å². The molecule has 1 fully saturated rings. The van der Waals surface area contributed by atoms with Crippen LogP contribution < -0.4 is 5.32 Å². The molecule has 21 heavy (non-hydrogen) atoms. The third-order valence-electron chi connectivity index (χ3n) is 3.79. The summed E-state index contributed by atoms with van der Waals surface area (Å²) in [6.07, 6.45) is 2.07. The molecule has 2 rings (SSSR count). The lowest BCUT2D eigenvalue weighted by molar-refractivity contribution is -0.138. The zero-order valence-corrected chi connectivity index (χ0v) is 14.2. The molecule has 3 nitrogen and oxygen atoms in total. The lowest BCUT2D eigenvalue weighted by atomic mass is 9.97. The van der Waals surface area contributed by atoms with Crippen LogP contribution in [0.3, 0.4) is 0 Å². The van der Waals surface area contributed by atoms with E-state index in [1.807, 2.05) is 29.2 Å². The minimum absolute atomic E-state index is 0. The van der Waals surface area contributed by atoms with Gasteiger partial charge in [0.25, 0.3) is 0 Å². The summed E-state index contributed by atoms with van der Waals surface area (Å²) in [4.78, 5) is 14.6. The van der Waals surface area contributed by atoms with Gasteiger partial charge in [0.2, 0.25) is 5.91 Å². The van der Waals surface area contributed by atoms with Gasteiger partial charge in [-0.1, -0.05) is 23.7 Å². The molecule has 1 N–H and O–H groups in total. The van der Waals surface area contributed by atoms with Crippen LogP contribution in [0.2, 0.25) is 5.02 Å². The Balaban J connectivity index is 0.00000220. The number of nitrogens with zero attached hydrogens (tertiary/aromatic N) is 1. The first-order valence-corrected chi connectivity index (χ1v) is 7.71. The smallest absolute Gasteiger partial charge is 0.227 e. The van der Waals surface area contributed by atoms with E-state index in [0.717, 1.165) is 36.5 Å². The van der Waals surface area contributed by atoms with E-state index < -0.39 is 0 Å². The number of piperidine rings is 1. The highest BCUT2D eigenvalue weighted by molar-refractivity contribution is 6.30. The summed E-state index contributed by atoms with van der Waals surface area (Å²) in [7, 11) is 0. The van der Waals surface area contributed by atoms with Crippen LogP contribution in [0.1, 0.15) is 32.3 Å². The fraction of sp³-hybridized carbons (Fsp3) is 0.562. The maximum Gasteiger partial charge on any atom is 0.227 e. The van der Waals surface area contributed by atoms with Gasteiger partial charge in [-0.3, -0.25) is 4.79 Å². The molecule has 0 aromatic heterocycles. The topological polar surface area (TPSA) is 32.3 Å². The van der Waals surface area contributed by atoms with Gasteiger partial charge in [-0.2, -0.15) is 0 Å². The van der Waals surface area contributed by atoms with Crippen LogP contribution in [0.4, 0.5) is 0 Å². The molecule has 0 saturated carbocycles. The van der Waals surface area contributed by atoms with E-state index >= 15 is 0 Å². The molecule has 0 bridgehead atoms. The second-order valence-electron chi connectivity index (χ2n) is 5.73. The number of amides is 1. The quantitative estimate of drug-likeness (QED) is 0.916. The van der Waals surface area contributed by atoms with Crippen molar-refractivity contribution in [3.63, 3.8) is 0 Å². The average molecular weight is 331 g/mol. The molecular formula is C16H24Cl2N2O. The summed E-state index contributed by atoms with van der Waals surface area (Å²) < 4.78 is 0. The fourth-order valence-electron chi connectivity index (χ4n) is 2.64. The fourth-order valence-corrected chi connectivity index (χ4v) is 2.86. The highest BCUT2D eigenvalue weighted by atomic mass is 35.5. The monoisotopic (exact) mass is 330 g/mol. The number of hydrogen-bond donors (Lipinski definition) is 1. The molecule has 1 saturated heterocycles. The van der Waals surface area contributed by atoms with Crippen molar-refractivity contribution in [1.29, 1.82) is 0 Å². The van der Waals surface area contributed by atoms with Gasteiger partial charge < -0.3 is 10.2 Å². The van der Waals surface area contributed by atoms with E-state index in [-0.39, 0.29) is 30.3 Å². The van der Waals surface area contributed by atoms with Gasteiger partial charge in [-0.05, 0) is 50.9 Å². The number of halogens is 2. The first-order valence-electron chi connectivity index (χ1n) is 7.33. The van der Waals surface area contributed by atoms with Crippen molar-refractivity contribution in [2.45, 2.75) is 39.3 Å². The lowest BCUT2D eigenvalue weighted by Crippen LogP contribution is -2.45. The number of carbonyl (C=O) groups is 1. The van der Waals surface area contributed by atoms with Crippen molar-refractivity contribution in [3.8, 4) is 0 Å². The van der Waals surface area contributed by atoms with Crippen LogP contribution in [0.15, 0.2) is 24.3 Å². The lowest BCUT2D eigenvalue weighted by Gasteiger charge is -2.32. The molecule has 118 valence electrons. The molecule has 1 atom stereocenters. The van der Waals surface area contributed by atoms with Crippen LogP contribution in [0.25, 0.3) is 0 Å². The molecule has 1 aromatic carbocycles. The van der Waals surface area contributed by atoms with Crippen LogP contribution in [0, 0.1) is 5.92 Å². The SMILES string of the molecule is CC(C)N(Cc1cccc(Cl)c1)C(=O)[C@@H]1CCCNC1.Cl. The summed E-state index contributed by atoms with van der Waals surface area (Å²) in [5, 5.41) is 4.03. The van der Waals surface area contributed by atoms with Crippen molar-refractivity contribution in [1.82, 2.24) is 10.2 Å². The highest BCUT2D eigenvalue weighted by Gasteiger charge is 2.27. The molecular weight excluding hydrogens is 307 g/mol. The molecule has 5 heteroatoms. The molecule has 0 radical (unpaired) electrons. The normalized spacial score (nSPS) is 18.2. The van der Waals surface area contributed by atoms with Crippen molar-refractivity contribution >= 4 is 29.9 Å². The predicted octanol–water partition coefficient (Wildman–Crippen LogP) is 3.50. The molecule has 1 aliphatic rings. The molecule has 1 aromatic rings. The maximum absolute atomic E-state index is 12.7. The standard InChI is InChI=1S/C16H23ClN2O.ClH/c1-12(2)19(11-13-5-3-7-15(17)9-13)16(20)14-6-4-8-18-10-14;/h3,5,7,9,12,14,18H,4,6,8,10-11H2,1-2H3;1H/t14-;/m1./s1. The van der Waals surface area contributed by atoms with Crippen LogP contribution >= 0.6 is 24.0 Å². The predicted molar refractivity (Wildman–Crippen MR) is 90.0 cm³/mol. The Kier molecular flexibility index (Phi) is 7.50. The Bertz CT molecular complexity index is 459. The second-order valence-corrected chi connectivity index (χ2v) is 6.17. The Hall–Kier alpha value is -0.770. The van der Waals surface area contributed by atoms with Crippen molar-refractivity contribution in [2.75, 3.05) is 13.1 Å². The summed E-state index contributed by atoms with van der Waals surface area (Å²) >= 11 is 6.02. The Morgan fingerprint density at radius 1 is 1.48 bits per heavy atom. The van der Waals surface area contributed by atoms with Gasteiger partial charge in [0.05, 0.1) is 5.92 Å². The summed E-state index contributed by atoms with van der Waals surface area (Å²) in [5.41, 5.74) is 1.09. The summed E-state index contributed by atoms with van der Waals surface area (Å²) in [5.74, 6) is 0.373. The minimum atomic E-state index is 0. The highest BCUT2D eigenvalue weighted by Crippen LogP contribution is 2.19. The number of nitrogens with one attached hydrogen (secondary N) is 1. The molecule has 1 aliphatic heterocycles. The van der Waals surface area contributed by atoms with E-state index in [4.69, 9.17) is 11.6 Å². The summed E-state index contributed by atoms with van der Waals surface area (Å²) in [6, 6.07) is 7.95. The van der Waals surface area contributed by atoms with Crippen LogP contribution in [0.5, 0.6) is 0 Å². The molecule has 0 spiro atoms. The van der Waals surface area contributed by atoms with Crippen molar-refractivity contribution < 1.29 is 4.79 Å². The summed E-state index contributed by atoms with van der Waals surface area (Å²) in [6.45, 7) is 6.60. The molecule has 1 heterocycles. The van der Waals surface area contributed by atoms with E-state index in [1.165, 1.54) is 0 Å². The van der Waals surface area contributed by atoms with E-state index in [1.54, 1.807) is 0 Å². The Labute approximate surface area is 138 Å². The Morgan fingerprint density at radius 3 is 2.81 bits per heavy atom. The second kappa shape index (κ2) is 8.62. The molecule has 0 unspecified atom stereocenters. The van der Waals surface area contributed by atoms with Crippen LogP contribution in [-0.4, -0.2) is 29.9 Å². The third-order valence-corrected chi connectivity index (χ3v) is 4.03. The maximum atomic E-state index is 12.7. The van der Waals surface area contributed by atoms with E-state index in [9.17, 15) is 4.79 Å². The van der Waals surface area contributed by atoms with Crippen molar-refractivity contribution in [2.24, 2.45) is 5.92 Å². The number of hydrogen-bond acceptors (Lipinski definition) is 2. The molecule has 0 aliphatic carbocycles. The zero-order chi connectivity index (χ0) is 14.5. The van der Waals surface area contributed by atoms with Gasteiger partial charge in [-0.25, -0.2) is 0 Å².